The summed E-state index contributed by atoms with van der Waals surface area (Å²) in [5.41, 5.74) is -0.590. The van der Waals surface area contributed by atoms with Crippen molar-refractivity contribution in [3.63, 3.8) is 0 Å². The molecule has 1 aromatic rings. The van der Waals surface area contributed by atoms with Gasteiger partial charge in [0.25, 0.3) is 0 Å². The molecule has 12 heteroatoms. The van der Waals surface area contributed by atoms with Gasteiger partial charge in [-0.1, -0.05) is 11.6 Å². The van der Waals surface area contributed by atoms with E-state index in [1.165, 1.54) is 14.1 Å². The second-order valence-electron chi connectivity index (χ2n) is 6.19. The van der Waals surface area contributed by atoms with Crippen LogP contribution in [0.2, 0.25) is 5.02 Å². The van der Waals surface area contributed by atoms with Crippen molar-refractivity contribution in [2.24, 2.45) is 4.99 Å². The van der Waals surface area contributed by atoms with Gasteiger partial charge in [-0.25, -0.2) is 8.42 Å². The van der Waals surface area contributed by atoms with E-state index in [9.17, 15) is 31.5 Å². The third-order valence-corrected chi connectivity index (χ3v) is 5.33. The lowest BCUT2D eigenvalue weighted by Crippen LogP contribution is -2.31. The van der Waals surface area contributed by atoms with E-state index in [4.69, 9.17) is 11.6 Å². The molecular formula is C17H21ClF3N3O4S. The molecular weight excluding hydrogens is 435 g/mol. The lowest BCUT2D eigenvalue weighted by Gasteiger charge is -2.21. The summed E-state index contributed by atoms with van der Waals surface area (Å²) in [6.07, 6.45) is -2.55. The number of carbonyl (C=O) groups excluding carboxylic acids is 1. The molecule has 0 aliphatic rings. The van der Waals surface area contributed by atoms with Gasteiger partial charge in [0, 0.05) is 44.2 Å². The van der Waals surface area contributed by atoms with Gasteiger partial charge in [0.2, 0.25) is 5.78 Å². The number of rotatable bonds is 8. The highest BCUT2D eigenvalue weighted by molar-refractivity contribution is 7.90. The first kappa shape index (κ1) is 24.9. The van der Waals surface area contributed by atoms with E-state index in [0.29, 0.717) is 0 Å². The van der Waals surface area contributed by atoms with Crippen molar-refractivity contribution in [2.45, 2.75) is 17.6 Å². The maximum Gasteiger partial charge on any atom is 0.401 e. The van der Waals surface area contributed by atoms with Crippen LogP contribution >= 0.6 is 11.6 Å². The summed E-state index contributed by atoms with van der Waals surface area (Å²) in [4.78, 5) is 17.0. The molecule has 7 nitrogen and oxygen atoms in total. The number of ketones is 1. The Hall–Kier alpha value is -2.11. The third-order valence-electron chi connectivity index (χ3n) is 3.72. The smallest absolute Gasteiger partial charge is 0.401 e. The summed E-state index contributed by atoms with van der Waals surface area (Å²) in [6.45, 7) is -1.78. The Balaban J connectivity index is 3.61. The van der Waals surface area contributed by atoms with Gasteiger partial charge in [0.15, 0.2) is 15.7 Å². The number of allylic oxidation sites excluding steroid dienone is 1. The minimum Gasteiger partial charge on any atom is -0.494 e. The Morgan fingerprint density at radius 3 is 2.41 bits per heavy atom. The average molecular weight is 456 g/mol. The Morgan fingerprint density at radius 1 is 1.38 bits per heavy atom. The standard InChI is InChI=1S/C17H21ClF3N3O4S/c1-22-7-11(16(26)23-2)15(25)10-5-6-13(29(4,27)28)12(14(10)18)8-24(3)9-17(19,20)21/h5-7,23,26H,8-9H2,1-4H3/b16-11-,22-7-. The number of carbonyl (C=O) groups is 1. The van der Waals surface area contributed by atoms with Crippen molar-refractivity contribution in [1.82, 2.24) is 10.2 Å². The number of hydrogen-bond acceptors (Lipinski definition) is 7. The fourth-order valence-electron chi connectivity index (χ4n) is 2.54. The van der Waals surface area contributed by atoms with Crippen LogP contribution in [-0.4, -0.2) is 70.5 Å². The van der Waals surface area contributed by atoms with Gasteiger partial charge < -0.3 is 10.4 Å². The number of aliphatic imine (C=N–C) groups is 1. The molecule has 162 valence electrons. The molecule has 0 aliphatic heterocycles. The van der Waals surface area contributed by atoms with Gasteiger partial charge in [-0.3, -0.25) is 14.7 Å². The third kappa shape index (κ3) is 6.72. The Kier molecular flexibility index (Phi) is 8.25. The minimum absolute atomic E-state index is 0.150. The summed E-state index contributed by atoms with van der Waals surface area (Å²) in [5, 5.41) is 11.9. The Labute approximate surface area is 171 Å². The van der Waals surface area contributed by atoms with Crippen molar-refractivity contribution in [2.75, 3.05) is 33.9 Å². The number of sulfone groups is 1. The minimum atomic E-state index is -4.51. The van der Waals surface area contributed by atoms with Crippen LogP contribution in [0.25, 0.3) is 0 Å². The molecule has 0 saturated heterocycles. The van der Waals surface area contributed by atoms with Crippen molar-refractivity contribution >= 4 is 33.4 Å². The van der Waals surface area contributed by atoms with Gasteiger partial charge in [0.1, 0.15) is 0 Å². The fraction of sp³-hybridized carbons (Fsp3) is 0.412. The largest absolute Gasteiger partial charge is 0.494 e. The number of halogens is 4. The lowest BCUT2D eigenvalue weighted by atomic mass is 10.0. The molecule has 0 saturated carbocycles. The molecule has 0 unspecified atom stereocenters. The first-order valence-corrected chi connectivity index (χ1v) is 10.3. The zero-order valence-corrected chi connectivity index (χ0v) is 17.7. The molecule has 0 aromatic heterocycles. The van der Waals surface area contributed by atoms with Crippen LogP contribution in [0.3, 0.4) is 0 Å². The number of benzene rings is 1. The molecule has 0 atom stereocenters. The van der Waals surface area contributed by atoms with E-state index < -0.39 is 40.8 Å². The summed E-state index contributed by atoms with van der Waals surface area (Å²) in [6, 6.07) is 2.24. The number of aliphatic hydroxyl groups is 1. The zero-order chi connectivity index (χ0) is 22.6. The van der Waals surface area contributed by atoms with Gasteiger partial charge in [-0.05, 0) is 19.2 Å². The van der Waals surface area contributed by atoms with Crippen LogP contribution in [0, 0.1) is 0 Å². The molecule has 29 heavy (non-hydrogen) atoms. The zero-order valence-electron chi connectivity index (χ0n) is 16.1. The van der Waals surface area contributed by atoms with E-state index in [0.717, 1.165) is 36.6 Å². The van der Waals surface area contributed by atoms with Crippen molar-refractivity contribution in [3.05, 3.63) is 39.7 Å². The average Bonchev–Trinajstić information content (AvgIpc) is 2.57. The highest BCUT2D eigenvalue weighted by atomic mass is 35.5. The first-order valence-electron chi connectivity index (χ1n) is 8.07. The van der Waals surface area contributed by atoms with Crippen LogP contribution in [-0.2, 0) is 16.4 Å². The van der Waals surface area contributed by atoms with Crippen LogP contribution in [0.1, 0.15) is 15.9 Å². The summed E-state index contributed by atoms with van der Waals surface area (Å²) in [7, 11) is 0.0245. The Morgan fingerprint density at radius 2 is 1.97 bits per heavy atom. The Bertz CT molecular complexity index is 944. The lowest BCUT2D eigenvalue weighted by molar-refractivity contribution is -0.144. The number of alkyl halides is 3. The number of Topliss-reactive ketones (excluding diaryl/α,β-unsaturated/α-hetero) is 1. The van der Waals surface area contributed by atoms with Gasteiger partial charge in [-0.15, -0.1) is 0 Å². The molecule has 0 fully saturated rings. The molecule has 1 rings (SSSR count). The van der Waals surface area contributed by atoms with E-state index >= 15 is 0 Å². The molecule has 0 heterocycles. The topological polar surface area (TPSA) is 99.1 Å². The van der Waals surface area contributed by atoms with Gasteiger partial charge in [-0.2, -0.15) is 13.2 Å². The molecule has 1 aromatic carbocycles. The normalized spacial score (nSPS) is 13.7. The monoisotopic (exact) mass is 455 g/mol. The van der Waals surface area contributed by atoms with Crippen LogP contribution < -0.4 is 5.32 Å². The maximum absolute atomic E-state index is 12.8. The predicted molar refractivity (Wildman–Crippen MR) is 104 cm³/mol. The van der Waals surface area contributed by atoms with E-state index in [-0.39, 0.29) is 26.6 Å². The number of nitrogens with zero attached hydrogens (tertiary/aromatic N) is 2. The van der Waals surface area contributed by atoms with Crippen LogP contribution in [0.15, 0.2) is 33.5 Å². The SMILES string of the molecule is C/N=C\C(C(=O)c1ccc(S(C)(=O)=O)c(CN(C)CC(F)(F)F)c1Cl)=C(\O)NC. The molecule has 0 bridgehead atoms. The number of hydrogen-bond donors (Lipinski definition) is 2. The predicted octanol–water partition coefficient (Wildman–Crippen LogP) is 2.61. The summed E-state index contributed by atoms with van der Waals surface area (Å²) in [5.74, 6) is -1.29. The molecule has 0 radical (unpaired) electrons. The van der Waals surface area contributed by atoms with Crippen LogP contribution in [0.5, 0.6) is 0 Å². The van der Waals surface area contributed by atoms with Crippen LogP contribution in [0.4, 0.5) is 13.2 Å². The second kappa shape index (κ2) is 9.59. The molecule has 0 spiro atoms. The maximum atomic E-state index is 12.8. The molecule has 0 aliphatic carbocycles. The van der Waals surface area contributed by atoms with E-state index in [2.05, 4.69) is 10.3 Å². The first-order chi connectivity index (χ1) is 13.2. The van der Waals surface area contributed by atoms with Gasteiger partial charge >= 0.3 is 6.18 Å². The highest BCUT2D eigenvalue weighted by Gasteiger charge is 2.31. The molecule has 0 amide bonds. The summed E-state index contributed by atoms with van der Waals surface area (Å²) < 4.78 is 62.2. The molecule has 2 N–H and O–H groups in total. The quantitative estimate of drug-likeness (QED) is 0.270. The number of nitrogens with one attached hydrogen (secondary N) is 1. The van der Waals surface area contributed by atoms with E-state index in [1.807, 2.05) is 0 Å². The van der Waals surface area contributed by atoms with Crippen molar-refractivity contribution in [1.29, 1.82) is 0 Å². The van der Waals surface area contributed by atoms with Crippen molar-refractivity contribution in [3.8, 4) is 0 Å². The summed E-state index contributed by atoms with van der Waals surface area (Å²) >= 11 is 6.26. The fourth-order valence-corrected chi connectivity index (χ4v) is 3.84. The van der Waals surface area contributed by atoms with Gasteiger partial charge in [0.05, 0.1) is 22.0 Å². The van der Waals surface area contributed by atoms with E-state index in [1.54, 1.807) is 0 Å². The number of aliphatic hydroxyl groups excluding tert-OH is 1. The second-order valence-corrected chi connectivity index (χ2v) is 8.55. The van der Waals surface area contributed by atoms with Crippen molar-refractivity contribution < 1.29 is 31.5 Å². The highest BCUT2D eigenvalue weighted by Crippen LogP contribution is 2.31.